The lowest BCUT2D eigenvalue weighted by atomic mass is 9.47. The number of aliphatic hydroxyl groups is 1. The zero-order valence-electron chi connectivity index (χ0n) is 22.9. The van der Waals surface area contributed by atoms with Crippen LogP contribution in [-0.2, 0) is 9.53 Å². The molecule has 0 saturated heterocycles. The van der Waals surface area contributed by atoms with Gasteiger partial charge in [-0.2, -0.15) is 0 Å². The van der Waals surface area contributed by atoms with Crippen molar-refractivity contribution in [1.29, 1.82) is 0 Å². The molecule has 1 heterocycles. The van der Waals surface area contributed by atoms with Gasteiger partial charge < -0.3 is 14.3 Å². The molecule has 5 heteroatoms. The predicted molar refractivity (Wildman–Crippen MR) is 143 cm³/mol. The molecule has 5 rings (SSSR count). The van der Waals surface area contributed by atoms with E-state index in [0.717, 1.165) is 25.7 Å². The van der Waals surface area contributed by atoms with Crippen molar-refractivity contribution in [2.75, 3.05) is 27.7 Å². The highest BCUT2D eigenvalue weighted by Gasteiger charge is 2.57. The number of esters is 1. The maximum Gasteiger partial charge on any atom is 0.308 e. The van der Waals surface area contributed by atoms with Gasteiger partial charge in [0.1, 0.15) is 18.8 Å². The van der Waals surface area contributed by atoms with Gasteiger partial charge in [-0.25, -0.2) is 0 Å². The van der Waals surface area contributed by atoms with Crippen LogP contribution >= 0.6 is 0 Å². The number of carbonyl (C=O) groups is 1. The van der Waals surface area contributed by atoms with E-state index in [0.29, 0.717) is 28.8 Å². The van der Waals surface area contributed by atoms with Gasteiger partial charge in [-0.3, -0.25) is 9.78 Å². The van der Waals surface area contributed by atoms with E-state index in [4.69, 9.17) is 4.74 Å². The molecule has 0 aromatic carbocycles. The van der Waals surface area contributed by atoms with Crippen molar-refractivity contribution in [1.82, 2.24) is 4.98 Å². The third-order valence-electron chi connectivity index (χ3n) is 10.1. The van der Waals surface area contributed by atoms with Gasteiger partial charge in [-0.15, -0.1) is 0 Å². The summed E-state index contributed by atoms with van der Waals surface area (Å²) in [6.45, 7) is 5.54. The van der Waals surface area contributed by atoms with Gasteiger partial charge in [0.15, 0.2) is 0 Å². The van der Waals surface area contributed by atoms with Gasteiger partial charge in [0.25, 0.3) is 0 Å². The molecule has 2 saturated carbocycles. The van der Waals surface area contributed by atoms with E-state index >= 15 is 0 Å². The molecule has 4 aliphatic carbocycles. The smallest absolute Gasteiger partial charge is 0.308 e. The predicted octanol–water partition coefficient (Wildman–Crippen LogP) is 5.41. The second kappa shape index (κ2) is 9.40. The summed E-state index contributed by atoms with van der Waals surface area (Å²) in [6, 6.07) is 4.29. The molecule has 4 aliphatic rings. The zero-order chi connectivity index (χ0) is 25.7. The minimum Gasteiger partial charge on any atom is -0.462 e. The Kier molecular flexibility index (Phi) is 6.70. The van der Waals surface area contributed by atoms with E-state index in [1.54, 1.807) is 0 Å². The molecule has 0 radical (unpaired) electrons. The summed E-state index contributed by atoms with van der Waals surface area (Å²) in [4.78, 5) is 17.0. The number of ether oxygens (including phenoxy) is 1. The number of aromatic nitrogens is 1. The molecule has 7 unspecified atom stereocenters. The molecule has 196 valence electrons. The van der Waals surface area contributed by atoms with Crippen molar-refractivity contribution in [3.05, 3.63) is 47.8 Å². The Morgan fingerprint density at radius 1 is 1.14 bits per heavy atom. The Morgan fingerprint density at radius 2 is 1.92 bits per heavy atom. The zero-order valence-corrected chi connectivity index (χ0v) is 22.9. The molecule has 0 spiro atoms. The lowest BCUT2D eigenvalue weighted by Crippen LogP contribution is -2.50. The molecule has 0 amide bonds. The first-order chi connectivity index (χ1) is 17.0. The maximum absolute atomic E-state index is 12.6. The lowest BCUT2D eigenvalue weighted by Gasteiger charge is -2.57. The number of rotatable bonds is 6. The minimum absolute atomic E-state index is 0.0520. The first kappa shape index (κ1) is 25.7. The number of hydrogen-bond acceptors (Lipinski definition) is 4. The maximum atomic E-state index is 12.6. The van der Waals surface area contributed by atoms with Crippen molar-refractivity contribution in [3.8, 4) is 0 Å². The van der Waals surface area contributed by atoms with E-state index in [1.807, 2.05) is 33.5 Å². The molecule has 1 aromatic rings. The minimum atomic E-state index is -0.658. The number of quaternary nitrogens is 1. The summed E-state index contributed by atoms with van der Waals surface area (Å²) in [6.07, 6.45) is 16.0. The summed E-state index contributed by atoms with van der Waals surface area (Å²) in [7, 11) is 6.07. The average molecular weight is 494 g/mol. The molecule has 7 atom stereocenters. The van der Waals surface area contributed by atoms with Crippen LogP contribution in [0.4, 0.5) is 0 Å². The van der Waals surface area contributed by atoms with Gasteiger partial charge >= 0.3 is 5.97 Å². The van der Waals surface area contributed by atoms with Crippen molar-refractivity contribution >= 4 is 11.5 Å². The van der Waals surface area contributed by atoms with E-state index in [1.165, 1.54) is 36.0 Å². The average Bonchev–Trinajstić information content (AvgIpc) is 3.15. The van der Waals surface area contributed by atoms with Crippen molar-refractivity contribution < 1.29 is 19.1 Å². The number of nitrogens with zero attached hydrogens (tertiary/aromatic N) is 2. The molecule has 0 bridgehead atoms. The summed E-state index contributed by atoms with van der Waals surface area (Å²) in [5.74, 6) is 1.86. The number of likely N-dealkylation sites (N-methyl/N-ethyl adjacent to an activating group) is 1. The second-order valence-corrected chi connectivity index (χ2v) is 13.5. The molecule has 5 nitrogen and oxygen atoms in total. The van der Waals surface area contributed by atoms with Crippen molar-refractivity contribution in [2.45, 2.75) is 77.4 Å². The van der Waals surface area contributed by atoms with Crippen molar-refractivity contribution in [2.24, 2.45) is 28.6 Å². The van der Waals surface area contributed by atoms with E-state index in [9.17, 15) is 9.90 Å². The highest BCUT2D eigenvalue weighted by atomic mass is 16.5. The number of fused-ring (bicyclic) bond motifs is 5. The van der Waals surface area contributed by atoms with Crippen LogP contribution in [0, 0.1) is 28.6 Å². The molecule has 1 N–H and O–H groups in total. The molecule has 0 aliphatic heterocycles. The third-order valence-corrected chi connectivity index (χ3v) is 10.1. The summed E-state index contributed by atoms with van der Waals surface area (Å²) in [5.41, 5.74) is 4.79. The lowest BCUT2D eigenvalue weighted by molar-refractivity contribution is -0.873. The van der Waals surface area contributed by atoms with Crippen LogP contribution in [0.25, 0.3) is 5.57 Å². The molecule has 2 fully saturated rings. The Bertz CT molecular complexity index is 1040. The van der Waals surface area contributed by atoms with Gasteiger partial charge in [-0.05, 0) is 84.3 Å². The van der Waals surface area contributed by atoms with Crippen LogP contribution in [0.15, 0.2) is 42.3 Å². The van der Waals surface area contributed by atoms with E-state index < -0.39 is 6.10 Å². The second-order valence-electron chi connectivity index (χ2n) is 13.5. The fourth-order valence-corrected chi connectivity index (χ4v) is 8.39. The summed E-state index contributed by atoms with van der Waals surface area (Å²) >= 11 is 0. The number of pyridine rings is 1. The van der Waals surface area contributed by atoms with Crippen LogP contribution < -0.4 is 0 Å². The van der Waals surface area contributed by atoms with Gasteiger partial charge in [0.05, 0.1) is 27.6 Å². The van der Waals surface area contributed by atoms with E-state index in [-0.39, 0.29) is 29.3 Å². The van der Waals surface area contributed by atoms with Crippen LogP contribution in [0.5, 0.6) is 0 Å². The van der Waals surface area contributed by atoms with E-state index in [2.05, 4.69) is 43.1 Å². The Hall–Kier alpha value is -1.98. The highest BCUT2D eigenvalue weighted by Crippen LogP contribution is 2.66. The quantitative estimate of drug-likeness (QED) is 0.327. The fourth-order valence-electron chi connectivity index (χ4n) is 8.39. The largest absolute Gasteiger partial charge is 0.462 e. The number of allylic oxidation sites excluding steroid dienone is 3. The van der Waals surface area contributed by atoms with Crippen LogP contribution in [-0.4, -0.2) is 60.4 Å². The fraction of sp³-hybridized carbons (Fsp3) is 0.677. The Morgan fingerprint density at radius 3 is 2.64 bits per heavy atom. The summed E-state index contributed by atoms with van der Waals surface area (Å²) in [5, 5.41) is 10.3. The highest BCUT2D eigenvalue weighted by molar-refractivity contribution is 5.72. The number of aliphatic hydroxyl groups excluding tert-OH is 1. The topological polar surface area (TPSA) is 59.4 Å². The summed E-state index contributed by atoms with van der Waals surface area (Å²) < 4.78 is 6.52. The monoisotopic (exact) mass is 493 g/mol. The molecular weight excluding hydrogens is 448 g/mol. The molecular formula is C31H45N2O3+. The van der Waals surface area contributed by atoms with Gasteiger partial charge in [0, 0.05) is 18.8 Å². The Balaban J connectivity index is 1.25. The molecule has 36 heavy (non-hydrogen) atoms. The Labute approximate surface area is 217 Å². The number of hydrogen-bond donors (Lipinski definition) is 1. The van der Waals surface area contributed by atoms with Gasteiger partial charge in [0.2, 0.25) is 0 Å². The number of carbonyl (C=O) groups excluding carboxylic acids is 1. The first-order valence-corrected chi connectivity index (χ1v) is 14.0. The first-order valence-electron chi connectivity index (χ1n) is 14.0. The van der Waals surface area contributed by atoms with Gasteiger partial charge in [-0.1, -0.05) is 37.6 Å². The normalized spacial score (nSPS) is 36.6. The van der Waals surface area contributed by atoms with Crippen LogP contribution in [0.2, 0.25) is 0 Å². The molecule has 1 aromatic heterocycles. The van der Waals surface area contributed by atoms with Crippen LogP contribution in [0.1, 0.15) is 70.8 Å². The standard InChI is InChI=1S/C31H45N2O3/c1-30-14-12-24(36-29(35)18-23(34)20-33(3,4)5)17-22(30)8-9-25-27-11-10-26(21-7-6-16-32-19-21)31(27,2)15-13-28(25)30/h6-8,10,16,19,23-25,27-28,34H,9,11-15,17-18,20H2,1-5H3/q+1. The van der Waals surface area contributed by atoms with Crippen molar-refractivity contribution in [3.63, 3.8) is 0 Å². The SMILES string of the molecule is CC12CCC(OC(=O)CC(O)C[N+](C)(C)C)CC1=CCC1C2CCC2(C)C(c3cccnc3)=CCC12. The third kappa shape index (κ3) is 4.69. The van der Waals surface area contributed by atoms with Crippen LogP contribution in [0.3, 0.4) is 0 Å².